The van der Waals surface area contributed by atoms with Crippen molar-refractivity contribution in [3.63, 3.8) is 0 Å². The van der Waals surface area contributed by atoms with Crippen molar-refractivity contribution in [2.24, 2.45) is 0 Å². The zero-order chi connectivity index (χ0) is 9.80. The largest absolute Gasteiger partial charge is 0.381 e. The maximum atomic E-state index is 5.27. The van der Waals surface area contributed by atoms with Crippen molar-refractivity contribution in [2.75, 3.05) is 18.5 Å². The summed E-state index contributed by atoms with van der Waals surface area (Å²) >= 11 is 0. The predicted octanol–water partition coefficient (Wildman–Crippen LogP) is 1.18. The highest BCUT2D eigenvalue weighted by Gasteiger charge is 2.13. The summed E-state index contributed by atoms with van der Waals surface area (Å²) in [5.41, 5.74) is 0.961. The fourth-order valence-electron chi connectivity index (χ4n) is 1.45. The highest BCUT2D eigenvalue weighted by Crippen LogP contribution is 2.10. The second-order valence-electron chi connectivity index (χ2n) is 3.52. The van der Waals surface area contributed by atoms with Gasteiger partial charge in [-0.1, -0.05) is 0 Å². The van der Waals surface area contributed by atoms with Crippen LogP contribution in [0.15, 0.2) is 6.20 Å². The quantitative estimate of drug-likeness (QED) is 0.764. The molecule has 2 heterocycles. The SMILES string of the molecule is Cc1[c]nc(NC2CCOCC2)nc1. The summed E-state index contributed by atoms with van der Waals surface area (Å²) in [5.74, 6) is 0.669. The Morgan fingerprint density at radius 3 is 2.93 bits per heavy atom. The zero-order valence-electron chi connectivity index (χ0n) is 8.29. The number of anilines is 1. The highest BCUT2D eigenvalue weighted by molar-refractivity contribution is 5.25. The van der Waals surface area contributed by atoms with E-state index in [9.17, 15) is 0 Å². The third kappa shape index (κ3) is 2.42. The molecule has 1 fully saturated rings. The lowest BCUT2D eigenvalue weighted by Gasteiger charge is -2.22. The van der Waals surface area contributed by atoms with Crippen LogP contribution >= 0.6 is 0 Å². The number of rotatable bonds is 2. The fraction of sp³-hybridized carbons (Fsp3) is 0.600. The first kappa shape index (κ1) is 9.40. The molecule has 0 saturated carbocycles. The third-order valence-electron chi connectivity index (χ3n) is 2.27. The Kier molecular flexibility index (Phi) is 2.93. The van der Waals surface area contributed by atoms with Crippen LogP contribution in [0.2, 0.25) is 0 Å². The average Bonchev–Trinajstić information content (AvgIpc) is 2.23. The smallest absolute Gasteiger partial charge is 0.223 e. The maximum absolute atomic E-state index is 5.27. The van der Waals surface area contributed by atoms with Gasteiger partial charge in [-0.05, 0) is 25.3 Å². The number of aromatic nitrogens is 2. The second-order valence-corrected chi connectivity index (χ2v) is 3.52. The molecule has 0 unspecified atom stereocenters. The molecule has 0 amide bonds. The highest BCUT2D eigenvalue weighted by atomic mass is 16.5. The molecule has 75 valence electrons. The van der Waals surface area contributed by atoms with Crippen LogP contribution in [0.3, 0.4) is 0 Å². The minimum atomic E-state index is 0.444. The monoisotopic (exact) mass is 192 g/mol. The summed E-state index contributed by atoms with van der Waals surface area (Å²) in [6.45, 7) is 3.58. The molecule has 14 heavy (non-hydrogen) atoms. The molecule has 0 atom stereocenters. The molecular weight excluding hydrogens is 178 g/mol. The second kappa shape index (κ2) is 4.37. The van der Waals surface area contributed by atoms with Gasteiger partial charge in [0.25, 0.3) is 0 Å². The molecule has 0 aliphatic carbocycles. The van der Waals surface area contributed by atoms with Gasteiger partial charge in [0.15, 0.2) is 0 Å². The number of aryl methyl sites for hydroxylation is 1. The van der Waals surface area contributed by atoms with E-state index in [1.54, 1.807) is 6.20 Å². The molecule has 1 aromatic heterocycles. The Morgan fingerprint density at radius 1 is 1.50 bits per heavy atom. The fourth-order valence-corrected chi connectivity index (χ4v) is 1.45. The summed E-state index contributed by atoms with van der Waals surface area (Å²) in [6.07, 6.45) is 6.71. The van der Waals surface area contributed by atoms with Gasteiger partial charge in [-0.2, -0.15) is 0 Å². The van der Waals surface area contributed by atoms with Crippen LogP contribution in [-0.2, 0) is 4.74 Å². The van der Waals surface area contributed by atoms with Crippen LogP contribution < -0.4 is 5.32 Å². The van der Waals surface area contributed by atoms with Crippen LogP contribution in [-0.4, -0.2) is 29.2 Å². The number of nitrogens with one attached hydrogen (secondary N) is 1. The number of ether oxygens (including phenoxy) is 1. The summed E-state index contributed by atoms with van der Waals surface area (Å²) in [6, 6.07) is 0.444. The lowest BCUT2D eigenvalue weighted by Crippen LogP contribution is -2.28. The Bertz CT molecular complexity index is 280. The van der Waals surface area contributed by atoms with Crippen molar-refractivity contribution in [1.29, 1.82) is 0 Å². The molecule has 2 rings (SSSR count). The molecule has 1 aliphatic heterocycles. The van der Waals surface area contributed by atoms with E-state index in [4.69, 9.17) is 4.74 Å². The summed E-state index contributed by atoms with van der Waals surface area (Å²) in [7, 11) is 0. The molecule has 4 nitrogen and oxygen atoms in total. The maximum Gasteiger partial charge on any atom is 0.223 e. The van der Waals surface area contributed by atoms with E-state index in [-0.39, 0.29) is 0 Å². The molecule has 1 N–H and O–H groups in total. The lowest BCUT2D eigenvalue weighted by atomic mass is 10.1. The first-order chi connectivity index (χ1) is 6.84. The summed E-state index contributed by atoms with van der Waals surface area (Å²) in [5, 5.41) is 3.27. The van der Waals surface area contributed by atoms with Crippen LogP contribution in [0.25, 0.3) is 0 Å². The van der Waals surface area contributed by atoms with E-state index < -0.39 is 0 Å². The number of hydrogen-bond donors (Lipinski definition) is 1. The summed E-state index contributed by atoms with van der Waals surface area (Å²) in [4.78, 5) is 8.26. The van der Waals surface area contributed by atoms with Crippen molar-refractivity contribution in [2.45, 2.75) is 25.8 Å². The van der Waals surface area contributed by atoms with Gasteiger partial charge in [0.2, 0.25) is 5.95 Å². The van der Waals surface area contributed by atoms with Crippen LogP contribution in [0.1, 0.15) is 18.4 Å². The van der Waals surface area contributed by atoms with E-state index in [2.05, 4.69) is 21.5 Å². The van der Waals surface area contributed by atoms with Crippen molar-refractivity contribution >= 4 is 5.95 Å². The van der Waals surface area contributed by atoms with Gasteiger partial charge in [0.05, 0.1) is 6.20 Å². The van der Waals surface area contributed by atoms with E-state index in [0.29, 0.717) is 12.0 Å². The number of nitrogens with zero attached hydrogens (tertiary/aromatic N) is 2. The van der Waals surface area contributed by atoms with Crippen molar-refractivity contribution in [3.8, 4) is 0 Å². The molecule has 1 aliphatic rings. The van der Waals surface area contributed by atoms with Crippen molar-refractivity contribution < 1.29 is 4.74 Å². The van der Waals surface area contributed by atoms with Gasteiger partial charge >= 0.3 is 0 Å². The molecule has 0 bridgehead atoms. The van der Waals surface area contributed by atoms with Gasteiger partial charge < -0.3 is 10.1 Å². The van der Waals surface area contributed by atoms with E-state index in [1.165, 1.54) is 0 Å². The van der Waals surface area contributed by atoms with Gasteiger partial charge in [-0.3, -0.25) is 0 Å². The van der Waals surface area contributed by atoms with Crippen molar-refractivity contribution in [1.82, 2.24) is 9.97 Å². The topological polar surface area (TPSA) is 47.0 Å². The van der Waals surface area contributed by atoms with Gasteiger partial charge in [0, 0.05) is 25.5 Å². The lowest BCUT2D eigenvalue weighted by molar-refractivity contribution is 0.0903. The van der Waals surface area contributed by atoms with Crippen LogP contribution in [0.4, 0.5) is 5.95 Å². The number of hydrogen-bond acceptors (Lipinski definition) is 4. The molecule has 1 saturated heterocycles. The van der Waals surface area contributed by atoms with E-state index >= 15 is 0 Å². The minimum absolute atomic E-state index is 0.444. The van der Waals surface area contributed by atoms with Crippen LogP contribution in [0.5, 0.6) is 0 Å². The Balaban J connectivity index is 1.92. The van der Waals surface area contributed by atoms with Gasteiger partial charge in [-0.25, -0.2) is 9.97 Å². The molecule has 4 heteroatoms. The molecular formula is C10H14N3O. The minimum Gasteiger partial charge on any atom is -0.381 e. The average molecular weight is 192 g/mol. The molecule has 1 radical (unpaired) electrons. The molecule has 0 aromatic carbocycles. The molecule has 1 aromatic rings. The normalized spacial score (nSPS) is 18.1. The standard InChI is InChI=1S/C10H14N3O/c1-8-6-11-10(12-7-8)13-9-2-4-14-5-3-9/h6,9H,2-5H2,1H3,(H,11,12,13). The van der Waals surface area contributed by atoms with Gasteiger partial charge in [0.1, 0.15) is 0 Å². The first-order valence-electron chi connectivity index (χ1n) is 4.90. The van der Waals surface area contributed by atoms with E-state index in [0.717, 1.165) is 31.6 Å². The zero-order valence-corrected chi connectivity index (χ0v) is 8.29. The Hall–Kier alpha value is -1.16. The Labute approximate surface area is 83.7 Å². The third-order valence-corrected chi connectivity index (χ3v) is 2.27. The predicted molar refractivity (Wildman–Crippen MR) is 53.1 cm³/mol. The summed E-state index contributed by atoms with van der Waals surface area (Å²) < 4.78 is 5.27. The first-order valence-corrected chi connectivity index (χ1v) is 4.90. The van der Waals surface area contributed by atoms with Crippen molar-refractivity contribution in [3.05, 3.63) is 18.0 Å². The van der Waals surface area contributed by atoms with Crippen LogP contribution in [0, 0.1) is 13.1 Å². The van der Waals surface area contributed by atoms with Gasteiger partial charge in [-0.15, -0.1) is 0 Å². The van der Waals surface area contributed by atoms with E-state index in [1.807, 2.05) is 6.92 Å². The molecule has 0 spiro atoms. The Morgan fingerprint density at radius 2 is 2.29 bits per heavy atom.